The first-order valence-electron chi connectivity index (χ1n) is 8.82. The standard InChI is InChI=1S/C20H12F4N2O2S/c21-14-7-13-15(8-12(14)9-1-3-10(4-2-9)20(22,23)24)26(11-5-6-11)19-16(17(13)27)18(28)25-29-19/h1-4,7-8,11H,5-6H2,(H,25,28). The molecule has 148 valence electrons. The third kappa shape index (κ3) is 2.79. The van der Waals surface area contributed by atoms with Gasteiger partial charge in [-0.2, -0.15) is 13.2 Å². The first-order valence-corrected chi connectivity index (χ1v) is 9.64. The molecular weight excluding hydrogens is 408 g/mol. The highest BCUT2D eigenvalue weighted by atomic mass is 32.1. The molecule has 4 nitrogen and oxygen atoms in total. The average molecular weight is 420 g/mol. The normalized spacial score (nSPS) is 14.8. The fourth-order valence-corrected chi connectivity index (χ4v) is 4.53. The fraction of sp³-hybridized carbons (Fsp3) is 0.200. The Labute approximate surface area is 164 Å². The quantitative estimate of drug-likeness (QED) is 0.461. The molecule has 9 heteroatoms. The summed E-state index contributed by atoms with van der Waals surface area (Å²) in [6.07, 6.45) is -2.75. The largest absolute Gasteiger partial charge is 0.416 e. The summed E-state index contributed by atoms with van der Waals surface area (Å²) in [5.41, 5.74) is -1.03. The molecule has 0 unspecified atom stereocenters. The van der Waals surface area contributed by atoms with Crippen LogP contribution in [0, 0.1) is 5.82 Å². The second-order valence-electron chi connectivity index (χ2n) is 7.07. The number of benzene rings is 2. The van der Waals surface area contributed by atoms with Crippen molar-refractivity contribution < 1.29 is 17.6 Å². The van der Waals surface area contributed by atoms with Gasteiger partial charge in [0.25, 0.3) is 5.56 Å². The molecular formula is C20H12F4N2O2S. The van der Waals surface area contributed by atoms with E-state index in [1.54, 1.807) is 0 Å². The van der Waals surface area contributed by atoms with Crippen molar-refractivity contribution in [3.63, 3.8) is 0 Å². The summed E-state index contributed by atoms with van der Waals surface area (Å²) in [7, 11) is 0. The molecule has 2 aromatic heterocycles. The average Bonchev–Trinajstić information content (AvgIpc) is 3.43. The Balaban J connectivity index is 1.80. The monoisotopic (exact) mass is 420 g/mol. The molecule has 1 aliphatic carbocycles. The molecule has 2 heterocycles. The number of aromatic amines is 1. The number of H-pyrrole nitrogens is 1. The van der Waals surface area contributed by atoms with Crippen LogP contribution in [0.25, 0.3) is 32.2 Å². The minimum Gasteiger partial charge on any atom is -0.328 e. The van der Waals surface area contributed by atoms with E-state index in [0.29, 0.717) is 10.3 Å². The van der Waals surface area contributed by atoms with Crippen LogP contribution in [0.5, 0.6) is 0 Å². The molecule has 29 heavy (non-hydrogen) atoms. The van der Waals surface area contributed by atoms with E-state index < -0.39 is 28.5 Å². The molecule has 0 saturated heterocycles. The lowest BCUT2D eigenvalue weighted by Crippen LogP contribution is -2.15. The van der Waals surface area contributed by atoms with Gasteiger partial charge in [0.1, 0.15) is 16.0 Å². The first-order chi connectivity index (χ1) is 13.8. The number of rotatable bonds is 2. The number of hydrogen-bond acceptors (Lipinski definition) is 3. The fourth-order valence-electron chi connectivity index (χ4n) is 3.61. The Bertz CT molecular complexity index is 1390. The zero-order chi connectivity index (χ0) is 20.5. The van der Waals surface area contributed by atoms with Crippen molar-refractivity contribution in [1.29, 1.82) is 0 Å². The molecule has 0 atom stereocenters. The van der Waals surface area contributed by atoms with Gasteiger partial charge >= 0.3 is 6.18 Å². The number of aromatic nitrogens is 2. The maximum atomic E-state index is 14.8. The Morgan fingerprint density at radius 1 is 1.07 bits per heavy atom. The summed E-state index contributed by atoms with van der Waals surface area (Å²) in [5, 5.41) is 0.0949. The second kappa shape index (κ2) is 6.03. The first kappa shape index (κ1) is 18.1. The van der Waals surface area contributed by atoms with E-state index >= 15 is 0 Å². The number of alkyl halides is 3. The summed E-state index contributed by atoms with van der Waals surface area (Å²) < 4.78 is 57.7. The molecule has 1 fully saturated rings. The number of nitrogens with zero attached hydrogens (tertiary/aromatic N) is 1. The molecule has 4 aromatic rings. The summed E-state index contributed by atoms with van der Waals surface area (Å²) in [4.78, 5) is 25.4. The van der Waals surface area contributed by atoms with Gasteiger partial charge in [0.15, 0.2) is 0 Å². The Kier molecular flexibility index (Phi) is 3.76. The Morgan fingerprint density at radius 2 is 1.76 bits per heavy atom. The van der Waals surface area contributed by atoms with Gasteiger partial charge in [0.2, 0.25) is 5.43 Å². The molecule has 1 saturated carbocycles. The van der Waals surface area contributed by atoms with Gasteiger partial charge in [-0.1, -0.05) is 12.1 Å². The molecule has 0 aliphatic heterocycles. The van der Waals surface area contributed by atoms with E-state index in [2.05, 4.69) is 4.37 Å². The Morgan fingerprint density at radius 3 is 2.38 bits per heavy atom. The lowest BCUT2D eigenvalue weighted by molar-refractivity contribution is -0.137. The zero-order valence-corrected chi connectivity index (χ0v) is 15.5. The van der Waals surface area contributed by atoms with Crippen molar-refractivity contribution in [3.05, 3.63) is 68.4 Å². The van der Waals surface area contributed by atoms with Crippen molar-refractivity contribution in [2.75, 3.05) is 0 Å². The van der Waals surface area contributed by atoms with Gasteiger partial charge in [-0.3, -0.25) is 14.0 Å². The predicted molar refractivity (Wildman–Crippen MR) is 103 cm³/mol. The molecule has 0 amide bonds. The number of fused-ring (bicyclic) bond motifs is 2. The zero-order valence-electron chi connectivity index (χ0n) is 14.6. The highest BCUT2D eigenvalue weighted by Crippen LogP contribution is 2.41. The van der Waals surface area contributed by atoms with Crippen LogP contribution in [-0.4, -0.2) is 8.94 Å². The van der Waals surface area contributed by atoms with Crippen LogP contribution in [0.15, 0.2) is 46.0 Å². The van der Waals surface area contributed by atoms with Crippen LogP contribution in [0.2, 0.25) is 0 Å². The molecule has 1 aliphatic rings. The van der Waals surface area contributed by atoms with Crippen molar-refractivity contribution >= 4 is 32.7 Å². The Hall–Kier alpha value is -2.94. The highest BCUT2D eigenvalue weighted by molar-refractivity contribution is 7.12. The molecule has 2 aromatic carbocycles. The van der Waals surface area contributed by atoms with Crippen molar-refractivity contribution in [2.24, 2.45) is 0 Å². The number of nitrogens with one attached hydrogen (secondary N) is 1. The minimum atomic E-state index is -4.48. The predicted octanol–water partition coefficient (Wildman–Crippen LogP) is 5.06. The van der Waals surface area contributed by atoms with E-state index in [9.17, 15) is 27.2 Å². The smallest absolute Gasteiger partial charge is 0.328 e. The maximum Gasteiger partial charge on any atom is 0.416 e. The van der Waals surface area contributed by atoms with Gasteiger partial charge in [-0.15, -0.1) is 0 Å². The number of halogens is 4. The maximum absolute atomic E-state index is 14.8. The number of pyridine rings is 1. The van der Waals surface area contributed by atoms with Gasteiger partial charge < -0.3 is 4.57 Å². The third-order valence-electron chi connectivity index (χ3n) is 5.15. The van der Waals surface area contributed by atoms with Crippen molar-refractivity contribution in [2.45, 2.75) is 25.1 Å². The van der Waals surface area contributed by atoms with E-state index in [0.717, 1.165) is 42.6 Å². The highest BCUT2D eigenvalue weighted by Gasteiger charge is 2.31. The van der Waals surface area contributed by atoms with Crippen LogP contribution in [0.3, 0.4) is 0 Å². The molecule has 5 rings (SSSR count). The van der Waals surface area contributed by atoms with Gasteiger partial charge in [0.05, 0.1) is 11.1 Å². The lowest BCUT2D eigenvalue weighted by Gasteiger charge is -2.14. The minimum absolute atomic E-state index is 0.0103. The van der Waals surface area contributed by atoms with Crippen LogP contribution in [-0.2, 0) is 6.18 Å². The third-order valence-corrected chi connectivity index (χ3v) is 6.03. The SMILES string of the molecule is O=c1[nH]sc2c1c(=O)c1cc(F)c(-c3ccc(C(F)(F)F)cc3)cc1n2C1CC1. The number of hydrogen-bond donors (Lipinski definition) is 1. The van der Waals surface area contributed by atoms with E-state index in [1.165, 1.54) is 18.2 Å². The van der Waals surface area contributed by atoms with E-state index in [1.807, 2.05) is 4.57 Å². The molecule has 0 bridgehead atoms. The summed E-state index contributed by atoms with van der Waals surface area (Å²) in [6, 6.07) is 6.86. The van der Waals surface area contributed by atoms with Crippen LogP contribution in [0.4, 0.5) is 17.6 Å². The van der Waals surface area contributed by atoms with Gasteiger partial charge in [-0.05, 0) is 54.2 Å². The molecule has 0 spiro atoms. The van der Waals surface area contributed by atoms with Crippen LogP contribution < -0.4 is 11.0 Å². The van der Waals surface area contributed by atoms with E-state index in [4.69, 9.17) is 0 Å². The lowest BCUT2D eigenvalue weighted by atomic mass is 10.0. The summed E-state index contributed by atoms with van der Waals surface area (Å²) >= 11 is 1.06. The van der Waals surface area contributed by atoms with E-state index in [-0.39, 0.29) is 27.9 Å². The van der Waals surface area contributed by atoms with Crippen molar-refractivity contribution in [3.8, 4) is 11.1 Å². The topological polar surface area (TPSA) is 54.9 Å². The molecule has 0 radical (unpaired) electrons. The van der Waals surface area contributed by atoms with Crippen molar-refractivity contribution in [1.82, 2.24) is 8.94 Å². The van der Waals surface area contributed by atoms with Crippen LogP contribution >= 0.6 is 11.5 Å². The van der Waals surface area contributed by atoms with Crippen LogP contribution in [0.1, 0.15) is 24.4 Å². The van der Waals surface area contributed by atoms with Gasteiger partial charge in [-0.25, -0.2) is 4.39 Å². The van der Waals surface area contributed by atoms with Gasteiger partial charge in [0, 0.05) is 17.0 Å². The summed E-state index contributed by atoms with van der Waals surface area (Å²) in [6.45, 7) is 0. The second-order valence-corrected chi connectivity index (χ2v) is 7.86. The summed E-state index contributed by atoms with van der Waals surface area (Å²) in [5.74, 6) is -0.734. The molecule has 1 N–H and O–H groups in total.